The first-order valence-electron chi connectivity index (χ1n) is 30.9. The van der Waals surface area contributed by atoms with Crippen molar-refractivity contribution in [2.45, 2.75) is 360 Å². The summed E-state index contributed by atoms with van der Waals surface area (Å²) in [7, 11) is 0. The van der Waals surface area contributed by atoms with Crippen LogP contribution < -0.4 is 5.32 Å². The van der Waals surface area contributed by atoms with Crippen molar-refractivity contribution in [1.82, 2.24) is 5.32 Å². The first-order valence-corrected chi connectivity index (χ1v) is 30.9. The van der Waals surface area contributed by atoms with Crippen LogP contribution in [0.3, 0.4) is 0 Å². The van der Waals surface area contributed by atoms with Gasteiger partial charge in [0.2, 0.25) is 5.91 Å². The van der Waals surface area contributed by atoms with E-state index in [1.54, 1.807) is 0 Å². The summed E-state index contributed by atoms with van der Waals surface area (Å²) in [5, 5.41) is 23.4. The lowest BCUT2D eigenvalue weighted by molar-refractivity contribution is -0.143. The number of aliphatic hydroxyl groups is 2. The molecule has 0 aromatic carbocycles. The second-order valence-electron chi connectivity index (χ2n) is 21.4. The second kappa shape index (κ2) is 58.2. The third kappa shape index (κ3) is 53.9. The number of aliphatic hydroxyl groups excluding tert-OH is 2. The van der Waals surface area contributed by atoms with Crippen LogP contribution in [0.2, 0.25) is 0 Å². The highest BCUT2D eigenvalue weighted by Crippen LogP contribution is 2.18. The van der Waals surface area contributed by atoms with Gasteiger partial charge in [-0.25, -0.2) is 0 Å². The topological polar surface area (TPSA) is 95.9 Å². The van der Waals surface area contributed by atoms with Crippen LogP contribution in [-0.2, 0) is 14.3 Å². The smallest absolute Gasteiger partial charge is 0.305 e. The summed E-state index contributed by atoms with van der Waals surface area (Å²) in [6.45, 7) is 4.93. The Hall–Kier alpha value is -1.40. The van der Waals surface area contributed by atoms with Crippen LogP contribution in [-0.4, -0.2) is 47.4 Å². The Morgan fingerprint density at radius 3 is 1.04 bits per heavy atom. The van der Waals surface area contributed by atoms with E-state index < -0.39 is 12.1 Å². The molecule has 6 nitrogen and oxygen atoms in total. The van der Waals surface area contributed by atoms with Gasteiger partial charge in [0.1, 0.15) is 0 Å². The third-order valence-electron chi connectivity index (χ3n) is 14.6. The maximum Gasteiger partial charge on any atom is 0.305 e. The molecule has 0 fully saturated rings. The Labute approximate surface area is 425 Å². The van der Waals surface area contributed by atoms with Crippen molar-refractivity contribution in [2.24, 2.45) is 0 Å². The van der Waals surface area contributed by atoms with Gasteiger partial charge in [-0.2, -0.15) is 0 Å². The summed E-state index contributed by atoms with van der Waals surface area (Å²) in [6, 6.07) is -0.559. The molecule has 0 aliphatic rings. The minimum atomic E-state index is -0.680. The quantitative estimate of drug-likeness (QED) is 0.0321. The molecular formula is C62H121NO5. The third-order valence-corrected chi connectivity index (χ3v) is 14.6. The van der Waals surface area contributed by atoms with Gasteiger partial charge >= 0.3 is 5.97 Å². The van der Waals surface area contributed by atoms with E-state index >= 15 is 0 Å². The number of unbranched alkanes of at least 4 members (excludes halogenated alkanes) is 45. The zero-order chi connectivity index (χ0) is 49.3. The molecule has 0 radical (unpaired) electrons. The molecular weight excluding hydrogens is 839 g/mol. The molecule has 0 aliphatic carbocycles. The van der Waals surface area contributed by atoms with Gasteiger partial charge in [0.15, 0.2) is 0 Å². The zero-order valence-electron chi connectivity index (χ0n) is 46.1. The van der Waals surface area contributed by atoms with E-state index in [1.165, 1.54) is 257 Å². The van der Waals surface area contributed by atoms with Crippen molar-refractivity contribution in [3.8, 4) is 0 Å². The monoisotopic (exact) mass is 960 g/mol. The first-order chi connectivity index (χ1) is 33.5. The maximum absolute atomic E-state index is 12.5. The van der Waals surface area contributed by atoms with Crippen LogP contribution in [0.25, 0.3) is 0 Å². The first kappa shape index (κ1) is 66.6. The Kier molecular flexibility index (Phi) is 57.0. The van der Waals surface area contributed by atoms with Gasteiger partial charge in [0.05, 0.1) is 25.4 Å². The van der Waals surface area contributed by atoms with E-state index in [2.05, 4.69) is 31.3 Å². The van der Waals surface area contributed by atoms with E-state index in [0.29, 0.717) is 25.9 Å². The van der Waals surface area contributed by atoms with E-state index in [9.17, 15) is 19.8 Å². The van der Waals surface area contributed by atoms with E-state index in [1.807, 2.05) is 0 Å². The number of hydrogen-bond donors (Lipinski definition) is 3. The summed E-state index contributed by atoms with van der Waals surface area (Å²) < 4.78 is 5.48. The van der Waals surface area contributed by atoms with E-state index in [4.69, 9.17) is 4.74 Å². The molecule has 0 aromatic heterocycles. The van der Waals surface area contributed by atoms with Crippen molar-refractivity contribution in [3.63, 3.8) is 0 Å². The van der Waals surface area contributed by atoms with Crippen LogP contribution in [0.5, 0.6) is 0 Å². The van der Waals surface area contributed by atoms with Crippen LogP contribution in [0.1, 0.15) is 348 Å². The highest BCUT2D eigenvalue weighted by atomic mass is 16.5. The molecule has 0 aliphatic heterocycles. The zero-order valence-corrected chi connectivity index (χ0v) is 46.1. The molecule has 6 heteroatoms. The minimum Gasteiger partial charge on any atom is -0.466 e. The van der Waals surface area contributed by atoms with Crippen LogP contribution in [0.15, 0.2) is 12.2 Å². The molecule has 2 unspecified atom stereocenters. The van der Waals surface area contributed by atoms with E-state index in [-0.39, 0.29) is 18.5 Å². The Morgan fingerprint density at radius 1 is 0.397 bits per heavy atom. The number of carbonyl (C=O) groups is 2. The predicted octanol–water partition coefficient (Wildman–Crippen LogP) is 19.2. The van der Waals surface area contributed by atoms with Gasteiger partial charge in [-0.3, -0.25) is 9.59 Å². The summed E-state index contributed by atoms with van der Waals surface area (Å²) in [5.74, 6) is -0.0738. The maximum atomic E-state index is 12.5. The predicted molar refractivity (Wildman–Crippen MR) is 297 cm³/mol. The normalized spacial score (nSPS) is 12.6. The Bertz CT molecular complexity index is 1020. The van der Waals surface area contributed by atoms with Gasteiger partial charge in [-0.05, 0) is 51.4 Å². The lowest BCUT2D eigenvalue weighted by atomic mass is 10.0. The van der Waals surface area contributed by atoms with Crippen molar-refractivity contribution in [1.29, 1.82) is 0 Å². The minimum absolute atomic E-state index is 0.0202. The lowest BCUT2D eigenvalue weighted by Crippen LogP contribution is -2.45. The molecule has 1 amide bonds. The fourth-order valence-electron chi connectivity index (χ4n) is 9.81. The second-order valence-corrected chi connectivity index (χ2v) is 21.4. The fourth-order valence-corrected chi connectivity index (χ4v) is 9.81. The van der Waals surface area contributed by atoms with Gasteiger partial charge in [-0.15, -0.1) is 0 Å². The van der Waals surface area contributed by atoms with Gasteiger partial charge < -0.3 is 20.3 Å². The number of ether oxygens (including phenoxy) is 1. The average Bonchev–Trinajstić information content (AvgIpc) is 3.34. The molecule has 0 bridgehead atoms. The number of nitrogens with one attached hydrogen (secondary N) is 1. The Morgan fingerprint density at radius 2 is 0.691 bits per heavy atom. The number of esters is 1. The van der Waals surface area contributed by atoms with Gasteiger partial charge in [0, 0.05) is 12.8 Å². The molecule has 68 heavy (non-hydrogen) atoms. The molecule has 3 N–H and O–H groups in total. The SMILES string of the molecule is CCCCCCCCC/C=C\CCCCCCCCCC(=O)OCCCCCCCCCCCCC(=O)NC(CO)C(O)CCCCCCCCCCCCCCCCCCCCCCCCC. The van der Waals surface area contributed by atoms with Crippen molar-refractivity contribution in [3.05, 3.63) is 12.2 Å². The fraction of sp³-hybridized carbons (Fsp3) is 0.935. The summed E-state index contributed by atoms with van der Waals surface area (Å²) in [6.07, 6.45) is 69.3. The average molecular weight is 961 g/mol. The molecule has 2 atom stereocenters. The summed E-state index contributed by atoms with van der Waals surface area (Å²) in [5.41, 5.74) is 0. The van der Waals surface area contributed by atoms with Gasteiger partial charge in [0.25, 0.3) is 0 Å². The number of carbonyl (C=O) groups excluding carboxylic acids is 2. The Balaban J connectivity index is 3.45. The lowest BCUT2D eigenvalue weighted by Gasteiger charge is -2.22. The summed E-state index contributed by atoms with van der Waals surface area (Å²) in [4.78, 5) is 24.6. The van der Waals surface area contributed by atoms with Crippen molar-refractivity contribution < 1.29 is 24.5 Å². The molecule has 0 spiro atoms. The number of amides is 1. The van der Waals surface area contributed by atoms with Crippen LogP contribution in [0, 0.1) is 0 Å². The highest BCUT2D eigenvalue weighted by Gasteiger charge is 2.20. The number of rotatable bonds is 58. The highest BCUT2D eigenvalue weighted by molar-refractivity contribution is 5.76. The molecule has 0 heterocycles. The molecule has 0 aromatic rings. The van der Waals surface area contributed by atoms with Crippen molar-refractivity contribution >= 4 is 11.9 Å². The standard InChI is InChI=1S/C62H121NO5/c1-3-5-7-9-11-13-15-17-19-21-23-24-25-26-27-28-30-32-34-38-42-46-50-54-60(65)59(58-64)63-61(66)55-51-47-43-39-36-37-41-45-49-53-57-68-62(67)56-52-48-44-40-35-33-31-29-22-20-18-16-14-12-10-8-6-4-2/h20,22,59-60,64-65H,3-19,21,23-58H2,1-2H3,(H,63,66)/b22-20-. The van der Waals surface area contributed by atoms with Crippen LogP contribution in [0.4, 0.5) is 0 Å². The van der Waals surface area contributed by atoms with E-state index in [0.717, 1.165) is 57.8 Å². The van der Waals surface area contributed by atoms with Crippen molar-refractivity contribution in [2.75, 3.05) is 13.2 Å². The largest absolute Gasteiger partial charge is 0.466 e. The molecule has 0 saturated carbocycles. The molecule has 404 valence electrons. The van der Waals surface area contributed by atoms with Gasteiger partial charge in [-0.1, -0.05) is 296 Å². The molecule has 0 rings (SSSR count). The summed E-state index contributed by atoms with van der Waals surface area (Å²) >= 11 is 0. The van der Waals surface area contributed by atoms with Crippen LogP contribution >= 0.6 is 0 Å². The number of hydrogen-bond acceptors (Lipinski definition) is 5. The number of allylic oxidation sites excluding steroid dienone is 2. The molecule has 0 saturated heterocycles.